The van der Waals surface area contributed by atoms with Crippen molar-refractivity contribution in [2.75, 3.05) is 5.32 Å². The summed E-state index contributed by atoms with van der Waals surface area (Å²) in [6.45, 7) is 1.43. The Morgan fingerprint density at radius 1 is 1.35 bits per heavy atom. The first-order valence-corrected chi connectivity index (χ1v) is 6.96. The summed E-state index contributed by atoms with van der Waals surface area (Å²) in [4.78, 5) is 19.4. The lowest BCUT2D eigenvalue weighted by Gasteiger charge is -2.04. The minimum atomic E-state index is -0.194. The lowest BCUT2D eigenvalue weighted by molar-refractivity contribution is -0.114. The summed E-state index contributed by atoms with van der Waals surface area (Å²) in [5.74, 6) is 0.106. The van der Waals surface area contributed by atoms with Gasteiger partial charge in [-0.05, 0) is 40.8 Å². The standard InChI is InChI=1S/C13H10IN5O/c1-7(20)16-13-15-5-4-10(17-13)8-2-3-9-11(6-8)18-19-12(9)14/h2-6H,1H3,(H,18,19)(H,15,16,17,20). The first kappa shape index (κ1) is 13.0. The van der Waals surface area contributed by atoms with Crippen LogP contribution in [0.25, 0.3) is 22.2 Å². The summed E-state index contributed by atoms with van der Waals surface area (Å²) in [6, 6.07) is 7.74. The van der Waals surface area contributed by atoms with Gasteiger partial charge in [0.25, 0.3) is 0 Å². The van der Waals surface area contributed by atoms with E-state index in [2.05, 4.69) is 48.1 Å². The van der Waals surface area contributed by atoms with E-state index < -0.39 is 0 Å². The van der Waals surface area contributed by atoms with E-state index >= 15 is 0 Å². The number of aromatic amines is 1. The average Bonchev–Trinajstić information content (AvgIpc) is 2.79. The van der Waals surface area contributed by atoms with Gasteiger partial charge in [0.15, 0.2) is 0 Å². The van der Waals surface area contributed by atoms with Crippen molar-refractivity contribution in [3.63, 3.8) is 0 Å². The highest BCUT2D eigenvalue weighted by atomic mass is 127. The second-order valence-electron chi connectivity index (χ2n) is 4.22. The molecule has 2 N–H and O–H groups in total. The Hall–Kier alpha value is -2.03. The molecule has 0 radical (unpaired) electrons. The summed E-state index contributed by atoms with van der Waals surface area (Å²) < 4.78 is 0.936. The molecule has 3 aromatic rings. The Morgan fingerprint density at radius 3 is 3.00 bits per heavy atom. The van der Waals surface area contributed by atoms with Crippen molar-refractivity contribution in [1.29, 1.82) is 0 Å². The van der Waals surface area contributed by atoms with Crippen molar-refractivity contribution < 1.29 is 4.79 Å². The van der Waals surface area contributed by atoms with Gasteiger partial charge >= 0.3 is 0 Å². The Morgan fingerprint density at radius 2 is 2.20 bits per heavy atom. The molecule has 0 saturated heterocycles. The van der Waals surface area contributed by atoms with Crippen LogP contribution in [0.15, 0.2) is 30.5 Å². The molecule has 3 rings (SSSR count). The number of nitrogens with zero attached hydrogens (tertiary/aromatic N) is 3. The maximum atomic E-state index is 11.0. The Labute approximate surface area is 128 Å². The fourth-order valence-corrected chi connectivity index (χ4v) is 2.47. The number of benzene rings is 1. The van der Waals surface area contributed by atoms with E-state index in [9.17, 15) is 4.79 Å². The summed E-state index contributed by atoms with van der Waals surface area (Å²) in [5.41, 5.74) is 2.63. The van der Waals surface area contributed by atoms with Crippen molar-refractivity contribution in [2.24, 2.45) is 0 Å². The molecule has 7 heteroatoms. The third-order valence-electron chi connectivity index (χ3n) is 2.76. The van der Waals surface area contributed by atoms with Crippen molar-refractivity contribution in [3.8, 4) is 11.3 Å². The molecule has 0 aliphatic rings. The third kappa shape index (κ3) is 2.48. The molecular weight excluding hydrogens is 369 g/mol. The van der Waals surface area contributed by atoms with Crippen LogP contribution in [0.1, 0.15) is 6.92 Å². The Balaban J connectivity index is 2.03. The van der Waals surface area contributed by atoms with Crippen LogP contribution in [0.4, 0.5) is 5.95 Å². The molecule has 1 aromatic carbocycles. The minimum Gasteiger partial charge on any atom is -0.295 e. The number of hydrogen-bond donors (Lipinski definition) is 2. The molecule has 0 aliphatic heterocycles. The number of nitrogens with one attached hydrogen (secondary N) is 2. The van der Waals surface area contributed by atoms with E-state index in [1.165, 1.54) is 6.92 Å². The number of carbonyl (C=O) groups is 1. The molecule has 2 aromatic heterocycles. The highest BCUT2D eigenvalue weighted by molar-refractivity contribution is 14.1. The van der Waals surface area contributed by atoms with Gasteiger partial charge in [-0.1, -0.05) is 6.07 Å². The summed E-state index contributed by atoms with van der Waals surface area (Å²) >= 11 is 2.18. The van der Waals surface area contributed by atoms with Gasteiger partial charge in [-0.3, -0.25) is 15.2 Å². The van der Waals surface area contributed by atoms with Gasteiger partial charge in [-0.2, -0.15) is 5.10 Å². The molecule has 0 aliphatic carbocycles. The van der Waals surface area contributed by atoms with Crippen molar-refractivity contribution in [2.45, 2.75) is 6.92 Å². The highest BCUT2D eigenvalue weighted by Gasteiger charge is 2.07. The first-order chi connectivity index (χ1) is 9.63. The number of hydrogen-bond acceptors (Lipinski definition) is 4. The number of carbonyl (C=O) groups excluding carboxylic acids is 1. The molecule has 0 saturated carbocycles. The van der Waals surface area contributed by atoms with Crippen LogP contribution in [0.3, 0.4) is 0 Å². The molecule has 6 nitrogen and oxygen atoms in total. The molecule has 100 valence electrons. The largest absolute Gasteiger partial charge is 0.295 e. The van der Waals surface area contributed by atoms with Crippen molar-refractivity contribution >= 4 is 45.3 Å². The van der Waals surface area contributed by atoms with E-state index in [-0.39, 0.29) is 5.91 Å². The number of rotatable bonds is 2. The monoisotopic (exact) mass is 379 g/mol. The topological polar surface area (TPSA) is 83.6 Å². The number of H-pyrrole nitrogens is 1. The average molecular weight is 379 g/mol. The van der Waals surface area contributed by atoms with E-state index in [4.69, 9.17) is 0 Å². The molecular formula is C13H10IN5O. The second kappa shape index (κ2) is 5.16. The van der Waals surface area contributed by atoms with Crippen molar-refractivity contribution in [3.05, 3.63) is 34.2 Å². The number of halogens is 1. The summed E-state index contributed by atoms with van der Waals surface area (Å²) in [5, 5.41) is 10.8. The normalized spacial score (nSPS) is 10.7. The van der Waals surface area contributed by atoms with Gasteiger partial charge in [0.2, 0.25) is 11.9 Å². The van der Waals surface area contributed by atoms with Crippen LogP contribution in [0.2, 0.25) is 0 Å². The van der Waals surface area contributed by atoms with Gasteiger partial charge in [0.1, 0.15) is 3.70 Å². The molecule has 0 bridgehead atoms. The van der Waals surface area contributed by atoms with Gasteiger partial charge in [0, 0.05) is 24.1 Å². The van der Waals surface area contributed by atoms with Crippen LogP contribution in [-0.4, -0.2) is 26.1 Å². The summed E-state index contributed by atoms with van der Waals surface area (Å²) in [7, 11) is 0. The maximum absolute atomic E-state index is 11.0. The highest BCUT2D eigenvalue weighted by Crippen LogP contribution is 2.24. The van der Waals surface area contributed by atoms with E-state index in [1.807, 2.05) is 18.2 Å². The number of anilines is 1. The Bertz CT molecular complexity index is 798. The lowest BCUT2D eigenvalue weighted by Crippen LogP contribution is -2.09. The SMILES string of the molecule is CC(=O)Nc1nccc(-c2ccc3c(I)n[nH]c3c2)n1. The summed E-state index contributed by atoms with van der Waals surface area (Å²) in [6.07, 6.45) is 1.62. The van der Waals surface area contributed by atoms with Crippen LogP contribution < -0.4 is 5.32 Å². The smallest absolute Gasteiger partial charge is 0.229 e. The van der Waals surface area contributed by atoms with E-state index in [0.717, 1.165) is 25.9 Å². The molecule has 20 heavy (non-hydrogen) atoms. The number of amides is 1. The minimum absolute atomic E-state index is 0.194. The fraction of sp³-hybridized carbons (Fsp3) is 0.0769. The zero-order valence-electron chi connectivity index (χ0n) is 10.5. The van der Waals surface area contributed by atoms with Crippen LogP contribution >= 0.6 is 22.6 Å². The van der Waals surface area contributed by atoms with Gasteiger partial charge in [-0.25, -0.2) is 9.97 Å². The maximum Gasteiger partial charge on any atom is 0.229 e. The molecule has 0 atom stereocenters. The van der Waals surface area contributed by atoms with Gasteiger partial charge < -0.3 is 0 Å². The number of fused-ring (bicyclic) bond motifs is 1. The molecule has 0 unspecified atom stereocenters. The molecule has 1 amide bonds. The van der Waals surface area contributed by atoms with E-state index in [0.29, 0.717) is 5.95 Å². The fourth-order valence-electron chi connectivity index (χ4n) is 1.88. The predicted molar refractivity (Wildman–Crippen MR) is 84.1 cm³/mol. The van der Waals surface area contributed by atoms with Gasteiger partial charge in [-0.15, -0.1) is 0 Å². The third-order valence-corrected chi connectivity index (χ3v) is 3.58. The van der Waals surface area contributed by atoms with Crippen LogP contribution in [0.5, 0.6) is 0 Å². The van der Waals surface area contributed by atoms with Crippen LogP contribution in [-0.2, 0) is 4.79 Å². The number of aromatic nitrogens is 4. The zero-order valence-corrected chi connectivity index (χ0v) is 12.7. The molecule has 0 spiro atoms. The van der Waals surface area contributed by atoms with E-state index in [1.54, 1.807) is 12.3 Å². The quantitative estimate of drug-likeness (QED) is 0.671. The lowest BCUT2D eigenvalue weighted by atomic mass is 10.1. The predicted octanol–water partition coefficient (Wildman–Crippen LogP) is 2.58. The zero-order chi connectivity index (χ0) is 14.1. The Kier molecular flexibility index (Phi) is 3.35. The first-order valence-electron chi connectivity index (χ1n) is 5.88. The molecule has 0 fully saturated rings. The van der Waals surface area contributed by atoms with Gasteiger partial charge in [0.05, 0.1) is 11.2 Å². The van der Waals surface area contributed by atoms with Crippen molar-refractivity contribution in [1.82, 2.24) is 20.2 Å². The molecule has 2 heterocycles. The second-order valence-corrected chi connectivity index (χ2v) is 5.24. The van der Waals surface area contributed by atoms with Crippen LogP contribution in [0, 0.1) is 3.70 Å².